The van der Waals surface area contributed by atoms with Gasteiger partial charge in [0.1, 0.15) is 5.69 Å². The number of aliphatic imine (C=N–C) groups is 1. The highest BCUT2D eigenvalue weighted by Gasteiger charge is 2.04. The van der Waals surface area contributed by atoms with Gasteiger partial charge in [0.05, 0.1) is 5.69 Å². The smallest absolute Gasteiger partial charge is 0.278 e. The molecule has 0 aliphatic heterocycles. The van der Waals surface area contributed by atoms with E-state index in [1.54, 1.807) is 13.1 Å². The molecule has 0 amide bonds. The van der Waals surface area contributed by atoms with Crippen LogP contribution in [0.25, 0.3) is 0 Å². The Hall–Kier alpha value is -1.65. The SMILES string of the molecule is Cc1nc(N)[nH]c(=O)c1N=CC(C)C. The summed E-state index contributed by atoms with van der Waals surface area (Å²) in [5.41, 5.74) is 5.94. The third-order valence-electron chi connectivity index (χ3n) is 1.59. The molecule has 0 bridgehead atoms. The van der Waals surface area contributed by atoms with Gasteiger partial charge in [-0.2, -0.15) is 0 Å². The highest BCUT2D eigenvalue weighted by atomic mass is 16.1. The minimum Gasteiger partial charge on any atom is -0.369 e. The third kappa shape index (κ3) is 2.42. The average Bonchev–Trinajstić information content (AvgIpc) is 2.01. The van der Waals surface area contributed by atoms with Gasteiger partial charge in [-0.05, 0) is 12.8 Å². The number of nitrogen functional groups attached to an aromatic ring is 1. The van der Waals surface area contributed by atoms with Crippen LogP contribution in [0.1, 0.15) is 19.5 Å². The fourth-order valence-corrected chi connectivity index (χ4v) is 0.977. The van der Waals surface area contributed by atoms with E-state index < -0.39 is 0 Å². The van der Waals surface area contributed by atoms with Crippen LogP contribution in [0.15, 0.2) is 9.79 Å². The Labute approximate surface area is 82.1 Å². The Morgan fingerprint density at radius 1 is 1.57 bits per heavy atom. The van der Waals surface area contributed by atoms with Crippen molar-refractivity contribution in [1.82, 2.24) is 9.97 Å². The average molecular weight is 194 g/mol. The second kappa shape index (κ2) is 4.04. The minimum atomic E-state index is -0.299. The normalized spacial score (nSPS) is 11.4. The quantitative estimate of drug-likeness (QED) is 0.689. The van der Waals surface area contributed by atoms with Crippen LogP contribution < -0.4 is 11.3 Å². The lowest BCUT2D eigenvalue weighted by Crippen LogP contribution is -2.12. The van der Waals surface area contributed by atoms with Crippen molar-refractivity contribution in [2.45, 2.75) is 20.8 Å². The van der Waals surface area contributed by atoms with Gasteiger partial charge < -0.3 is 5.73 Å². The molecule has 5 nitrogen and oxygen atoms in total. The summed E-state index contributed by atoms with van der Waals surface area (Å²) in [7, 11) is 0. The van der Waals surface area contributed by atoms with Gasteiger partial charge in [-0.3, -0.25) is 14.8 Å². The molecule has 14 heavy (non-hydrogen) atoms. The highest BCUT2D eigenvalue weighted by molar-refractivity contribution is 5.65. The molecule has 0 aliphatic carbocycles. The molecule has 1 heterocycles. The molecule has 0 spiro atoms. The third-order valence-corrected chi connectivity index (χ3v) is 1.59. The summed E-state index contributed by atoms with van der Waals surface area (Å²) in [6.07, 6.45) is 1.70. The number of nitrogens with two attached hydrogens (primary N) is 1. The maximum absolute atomic E-state index is 11.4. The first-order chi connectivity index (χ1) is 6.50. The molecular formula is C9H14N4O. The number of nitrogens with one attached hydrogen (secondary N) is 1. The van der Waals surface area contributed by atoms with E-state index in [1.807, 2.05) is 13.8 Å². The van der Waals surface area contributed by atoms with Gasteiger partial charge >= 0.3 is 0 Å². The number of H-pyrrole nitrogens is 1. The van der Waals surface area contributed by atoms with E-state index in [9.17, 15) is 4.79 Å². The van der Waals surface area contributed by atoms with E-state index in [0.717, 1.165) is 0 Å². The predicted octanol–water partition coefficient (Wildman–Crippen LogP) is 1.02. The van der Waals surface area contributed by atoms with E-state index in [1.165, 1.54) is 0 Å². The Morgan fingerprint density at radius 2 is 2.21 bits per heavy atom. The zero-order valence-corrected chi connectivity index (χ0v) is 8.53. The summed E-state index contributed by atoms with van der Waals surface area (Å²) in [6, 6.07) is 0. The molecule has 1 aromatic rings. The summed E-state index contributed by atoms with van der Waals surface area (Å²) >= 11 is 0. The number of hydrogen-bond acceptors (Lipinski definition) is 4. The Morgan fingerprint density at radius 3 is 2.71 bits per heavy atom. The van der Waals surface area contributed by atoms with Crippen LogP contribution in [0.2, 0.25) is 0 Å². The van der Waals surface area contributed by atoms with Crippen molar-refractivity contribution in [3.05, 3.63) is 16.0 Å². The van der Waals surface area contributed by atoms with Crippen molar-refractivity contribution in [3.63, 3.8) is 0 Å². The predicted molar refractivity (Wildman–Crippen MR) is 57.0 cm³/mol. The second-order valence-electron chi connectivity index (χ2n) is 3.41. The van der Waals surface area contributed by atoms with E-state index in [2.05, 4.69) is 15.0 Å². The fraction of sp³-hybridized carbons (Fsp3) is 0.444. The Balaban J connectivity index is 3.16. The molecule has 0 fully saturated rings. The van der Waals surface area contributed by atoms with Crippen molar-refractivity contribution in [1.29, 1.82) is 0 Å². The molecule has 3 N–H and O–H groups in total. The summed E-state index contributed by atoms with van der Waals surface area (Å²) in [5.74, 6) is 0.419. The van der Waals surface area contributed by atoms with Gasteiger partial charge in [-0.15, -0.1) is 0 Å². The van der Waals surface area contributed by atoms with Gasteiger partial charge in [0.2, 0.25) is 5.95 Å². The fourth-order valence-electron chi connectivity index (χ4n) is 0.977. The van der Waals surface area contributed by atoms with Crippen LogP contribution in [-0.2, 0) is 0 Å². The Bertz CT molecular complexity index is 406. The molecule has 0 saturated carbocycles. The summed E-state index contributed by atoms with van der Waals surface area (Å²) < 4.78 is 0. The lowest BCUT2D eigenvalue weighted by atomic mass is 10.2. The number of nitrogens with zero attached hydrogens (tertiary/aromatic N) is 2. The summed E-state index contributed by atoms with van der Waals surface area (Å²) in [4.78, 5) is 21.8. The van der Waals surface area contributed by atoms with E-state index >= 15 is 0 Å². The second-order valence-corrected chi connectivity index (χ2v) is 3.41. The Kier molecular flexibility index (Phi) is 3.01. The molecule has 0 saturated heterocycles. The topological polar surface area (TPSA) is 84.1 Å². The molecule has 0 aliphatic rings. The van der Waals surface area contributed by atoms with Gasteiger partial charge in [0.25, 0.3) is 5.56 Å². The first-order valence-electron chi connectivity index (χ1n) is 4.41. The standard InChI is InChI=1S/C9H14N4O/c1-5(2)4-11-7-6(3)12-9(10)13-8(7)14/h4-5H,1-3H3,(H3,10,12,13,14). The van der Waals surface area contributed by atoms with Crippen LogP contribution in [0, 0.1) is 12.8 Å². The molecule has 0 atom stereocenters. The lowest BCUT2D eigenvalue weighted by molar-refractivity contribution is 0.906. The molecule has 5 heteroatoms. The molecule has 0 unspecified atom stereocenters. The molecule has 0 radical (unpaired) electrons. The number of aromatic amines is 1. The number of aryl methyl sites for hydroxylation is 1. The van der Waals surface area contributed by atoms with Crippen LogP contribution in [0.3, 0.4) is 0 Å². The zero-order chi connectivity index (χ0) is 10.7. The lowest BCUT2D eigenvalue weighted by Gasteiger charge is -2.00. The summed E-state index contributed by atoms with van der Waals surface area (Å²) in [5, 5.41) is 0. The van der Waals surface area contributed by atoms with Crippen molar-refractivity contribution >= 4 is 17.9 Å². The summed E-state index contributed by atoms with van der Waals surface area (Å²) in [6.45, 7) is 5.67. The van der Waals surface area contributed by atoms with E-state index in [-0.39, 0.29) is 11.5 Å². The van der Waals surface area contributed by atoms with Gasteiger partial charge in [-0.1, -0.05) is 13.8 Å². The van der Waals surface area contributed by atoms with Crippen LogP contribution in [0.4, 0.5) is 11.6 Å². The van der Waals surface area contributed by atoms with Crippen molar-refractivity contribution in [2.24, 2.45) is 10.9 Å². The molecular weight excluding hydrogens is 180 g/mol. The van der Waals surface area contributed by atoms with Crippen LogP contribution in [-0.4, -0.2) is 16.2 Å². The first-order valence-corrected chi connectivity index (χ1v) is 4.41. The molecule has 1 aromatic heterocycles. The van der Waals surface area contributed by atoms with Crippen LogP contribution in [0.5, 0.6) is 0 Å². The minimum absolute atomic E-state index is 0.121. The number of aromatic nitrogens is 2. The van der Waals surface area contributed by atoms with Gasteiger partial charge in [-0.25, -0.2) is 4.98 Å². The van der Waals surface area contributed by atoms with Gasteiger partial charge in [0.15, 0.2) is 0 Å². The van der Waals surface area contributed by atoms with Crippen LogP contribution >= 0.6 is 0 Å². The van der Waals surface area contributed by atoms with E-state index in [0.29, 0.717) is 17.3 Å². The number of rotatable bonds is 2. The number of anilines is 1. The monoisotopic (exact) mass is 194 g/mol. The number of hydrogen-bond donors (Lipinski definition) is 2. The maximum Gasteiger partial charge on any atom is 0.278 e. The molecule has 76 valence electrons. The maximum atomic E-state index is 11.4. The molecule has 1 rings (SSSR count). The first kappa shape index (κ1) is 10.4. The highest BCUT2D eigenvalue weighted by Crippen LogP contribution is 2.09. The van der Waals surface area contributed by atoms with E-state index in [4.69, 9.17) is 5.73 Å². The van der Waals surface area contributed by atoms with Crippen molar-refractivity contribution in [2.75, 3.05) is 5.73 Å². The largest absolute Gasteiger partial charge is 0.369 e. The van der Waals surface area contributed by atoms with Gasteiger partial charge in [0, 0.05) is 6.21 Å². The zero-order valence-electron chi connectivity index (χ0n) is 8.53. The van der Waals surface area contributed by atoms with Crippen molar-refractivity contribution < 1.29 is 0 Å². The van der Waals surface area contributed by atoms with Crippen molar-refractivity contribution in [3.8, 4) is 0 Å². The molecule has 0 aromatic carbocycles.